The van der Waals surface area contributed by atoms with Crippen molar-refractivity contribution in [1.82, 2.24) is 20.2 Å². The van der Waals surface area contributed by atoms with Crippen LogP contribution in [0.2, 0.25) is 0 Å². The molecule has 1 heterocycles. The molecule has 122 valence electrons. The zero-order valence-electron chi connectivity index (χ0n) is 11.9. The first-order valence-electron chi connectivity index (χ1n) is 6.88. The summed E-state index contributed by atoms with van der Waals surface area (Å²) in [4.78, 5) is 12.0. The van der Waals surface area contributed by atoms with Crippen molar-refractivity contribution in [2.24, 2.45) is 0 Å². The van der Waals surface area contributed by atoms with Crippen molar-refractivity contribution >= 4 is 23.4 Å². The minimum absolute atomic E-state index is 0.0656. The number of anilines is 1. The van der Waals surface area contributed by atoms with Gasteiger partial charge in [0, 0.05) is 0 Å². The fourth-order valence-electron chi connectivity index (χ4n) is 1.91. The monoisotopic (exact) mass is 341 g/mol. The van der Waals surface area contributed by atoms with Gasteiger partial charge in [0.15, 0.2) is 0 Å². The Bertz CT molecular complexity index is 693. The van der Waals surface area contributed by atoms with E-state index in [1.54, 1.807) is 16.8 Å². The Hall–Kier alpha value is -2.23. The van der Waals surface area contributed by atoms with E-state index in [0.717, 1.165) is 12.8 Å². The molecule has 0 saturated heterocycles. The second-order valence-electron chi connectivity index (χ2n) is 4.85. The van der Waals surface area contributed by atoms with Gasteiger partial charge in [-0.15, -0.1) is 5.10 Å². The molecular formula is C13H13F2N5O2S. The Kier molecular flexibility index (Phi) is 4.70. The van der Waals surface area contributed by atoms with Crippen LogP contribution in [0.4, 0.5) is 14.5 Å². The molecule has 0 spiro atoms. The number of ether oxygens (including phenoxy) is 1. The summed E-state index contributed by atoms with van der Waals surface area (Å²) < 4.78 is 30.7. The van der Waals surface area contributed by atoms with E-state index in [1.165, 1.54) is 23.9 Å². The molecule has 2 aromatic rings. The van der Waals surface area contributed by atoms with E-state index in [-0.39, 0.29) is 23.1 Å². The maximum absolute atomic E-state index is 12.3. The number of nitrogens with zero attached hydrogens (tertiary/aromatic N) is 4. The third kappa shape index (κ3) is 4.15. The number of tetrazole rings is 1. The lowest BCUT2D eigenvalue weighted by molar-refractivity contribution is -0.113. The molecule has 1 aromatic carbocycles. The van der Waals surface area contributed by atoms with Crippen LogP contribution in [0.25, 0.3) is 0 Å². The number of aromatic nitrogens is 4. The van der Waals surface area contributed by atoms with Crippen molar-refractivity contribution in [1.29, 1.82) is 0 Å². The number of para-hydroxylation sites is 2. The Morgan fingerprint density at radius 3 is 2.96 bits per heavy atom. The molecule has 1 amide bonds. The zero-order chi connectivity index (χ0) is 16.2. The first-order chi connectivity index (χ1) is 11.1. The molecule has 1 aromatic heterocycles. The van der Waals surface area contributed by atoms with E-state index < -0.39 is 6.61 Å². The van der Waals surface area contributed by atoms with Gasteiger partial charge < -0.3 is 10.1 Å². The number of nitrogens with one attached hydrogen (secondary N) is 1. The van der Waals surface area contributed by atoms with E-state index in [2.05, 4.69) is 25.6 Å². The topological polar surface area (TPSA) is 81.9 Å². The standard InChI is InChI=1S/C13H13F2N5O2S/c14-12(15)22-10-4-2-1-3-9(10)16-11(21)7-23-13-17-18-19-20(13)8-5-6-8/h1-4,8,12H,5-7H2,(H,16,21). The molecule has 1 fully saturated rings. The van der Waals surface area contributed by atoms with E-state index >= 15 is 0 Å². The fraction of sp³-hybridized carbons (Fsp3) is 0.385. The lowest BCUT2D eigenvalue weighted by Gasteiger charge is -2.11. The van der Waals surface area contributed by atoms with Crippen LogP contribution < -0.4 is 10.1 Å². The van der Waals surface area contributed by atoms with Crippen molar-refractivity contribution in [2.75, 3.05) is 11.1 Å². The number of carbonyl (C=O) groups is 1. The van der Waals surface area contributed by atoms with Crippen molar-refractivity contribution in [3.05, 3.63) is 24.3 Å². The number of benzene rings is 1. The molecule has 1 aliphatic carbocycles. The number of hydrogen-bond acceptors (Lipinski definition) is 6. The maximum Gasteiger partial charge on any atom is 0.387 e. The van der Waals surface area contributed by atoms with Crippen LogP contribution >= 0.6 is 11.8 Å². The quantitative estimate of drug-likeness (QED) is 0.779. The molecule has 10 heteroatoms. The zero-order valence-corrected chi connectivity index (χ0v) is 12.7. The van der Waals surface area contributed by atoms with E-state index in [0.29, 0.717) is 11.2 Å². The number of rotatable bonds is 7. The van der Waals surface area contributed by atoms with E-state index in [4.69, 9.17) is 0 Å². The Labute approximate surface area is 134 Å². The Morgan fingerprint density at radius 1 is 1.43 bits per heavy atom. The van der Waals surface area contributed by atoms with Crippen molar-refractivity contribution in [2.45, 2.75) is 30.7 Å². The second-order valence-corrected chi connectivity index (χ2v) is 5.79. The van der Waals surface area contributed by atoms with Gasteiger partial charge in [-0.2, -0.15) is 8.78 Å². The average Bonchev–Trinajstić information content (AvgIpc) is 3.25. The number of alkyl halides is 2. The van der Waals surface area contributed by atoms with Gasteiger partial charge in [0.1, 0.15) is 5.75 Å². The van der Waals surface area contributed by atoms with Crippen molar-refractivity contribution in [3.63, 3.8) is 0 Å². The van der Waals surface area contributed by atoms with Gasteiger partial charge in [0.25, 0.3) is 0 Å². The third-order valence-corrected chi connectivity index (χ3v) is 4.00. The third-order valence-electron chi connectivity index (χ3n) is 3.06. The number of thioether (sulfide) groups is 1. The number of carbonyl (C=O) groups excluding carboxylic acids is 1. The molecule has 1 saturated carbocycles. The second kappa shape index (κ2) is 6.90. The fourth-order valence-corrected chi connectivity index (χ4v) is 2.66. The number of halogens is 2. The SMILES string of the molecule is O=C(CSc1nnnn1C1CC1)Nc1ccccc1OC(F)F. The van der Waals surface area contributed by atoms with Crippen molar-refractivity contribution in [3.8, 4) is 5.75 Å². The minimum Gasteiger partial charge on any atom is -0.433 e. The molecular weight excluding hydrogens is 328 g/mol. The first kappa shape index (κ1) is 15.7. The Balaban J connectivity index is 1.58. The summed E-state index contributed by atoms with van der Waals surface area (Å²) in [5.74, 6) is -0.370. The molecule has 0 radical (unpaired) electrons. The van der Waals surface area contributed by atoms with Gasteiger partial charge >= 0.3 is 6.61 Å². The van der Waals surface area contributed by atoms with Crippen LogP contribution in [0.1, 0.15) is 18.9 Å². The first-order valence-corrected chi connectivity index (χ1v) is 7.86. The molecule has 0 aliphatic heterocycles. The van der Waals surface area contributed by atoms with Gasteiger partial charge in [-0.1, -0.05) is 23.9 Å². The highest BCUT2D eigenvalue weighted by Gasteiger charge is 2.28. The normalized spacial score (nSPS) is 14.0. The summed E-state index contributed by atoms with van der Waals surface area (Å²) in [5, 5.41) is 14.5. The summed E-state index contributed by atoms with van der Waals surface area (Å²) in [6, 6.07) is 6.34. The summed E-state index contributed by atoms with van der Waals surface area (Å²) in [6.45, 7) is -2.95. The largest absolute Gasteiger partial charge is 0.433 e. The van der Waals surface area contributed by atoms with Gasteiger partial charge in [0.05, 0.1) is 17.5 Å². The highest BCUT2D eigenvalue weighted by Crippen LogP contribution is 2.36. The minimum atomic E-state index is -2.95. The molecule has 23 heavy (non-hydrogen) atoms. The van der Waals surface area contributed by atoms with Crippen LogP contribution in [0, 0.1) is 0 Å². The number of hydrogen-bond donors (Lipinski definition) is 1. The van der Waals surface area contributed by atoms with Crippen molar-refractivity contribution < 1.29 is 18.3 Å². The average molecular weight is 341 g/mol. The van der Waals surface area contributed by atoms with Crippen LogP contribution in [0.5, 0.6) is 5.75 Å². The molecule has 7 nitrogen and oxygen atoms in total. The molecule has 0 atom stereocenters. The highest BCUT2D eigenvalue weighted by molar-refractivity contribution is 7.99. The summed E-state index contributed by atoms with van der Waals surface area (Å²) in [6.07, 6.45) is 2.06. The van der Waals surface area contributed by atoms with Gasteiger partial charge in [0.2, 0.25) is 11.1 Å². The van der Waals surface area contributed by atoms with Gasteiger partial charge in [-0.05, 0) is 35.4 Å². The summed E-state index contributed by atoms with van der Waals surface area (Å²) >= 11 is 1.19. The summed E-state index contributed by atoms with van der Waals surface area (Å²) in [7, 11) is 0. The molecule has 0 unspecified atom stereocenters. The van der Waals surface area contributed by atoms with E-state index in [9.17, 15) is 13.6 Å². The smallest absolute Gasteiger partial charge is 0.387 e. The molecule has 0 bridgehead atoms. The highest BCUT2D eigenvalue weighted by atomic mass is 32.2. The van der Waals surface area contributed by atoms with Gasteiger partial charge in [-0.3, -0.25) is 4.79 Å². The molecule has 1 N–H and O–H groups in total. The van der Waals surface area contributed by atoms with Crippen LogP contribution in [0.15, 0.2) is 29.4 Å². The summed E-state index contributed by atoms with van der Waals surface area (Å²) in [5.41, 5.74) is 0.195. The molecule has 3 rings (SSSR count). The van der Waals surface area contributed by atoms with E-state index in [1.807, 2.05) is 0 Å². The molecule has 1 aliphatic rings. The van der Waals surface area contributed by atoms with Crippen LogP contribution in [0.3, 0.4) is 0 Å². The predicted octanol–water partition coefficient (Wildman–Crippen LogP) is 2.34. The Morgan fingerprint density at radius 2 is 2.22 bits per heavy atom. The maximum atomic E-state index is 12.3. The predicted molar refractivity (Wildman–Crippen MR) is 78.5 cm³/mol. The van der Waals surface area contributed by atoms with Crippen LogP contribution in [-0.2, 0) is 4.79 Å². The lowest BCUT2D eigenvalue weighted by Crippen LogP contribution is -2.16. The van der Waals surface area contributed by atoms with Crippen LogP contribution in [-0.4, -0.2) is 38.5 Å². The van der Waals surface area contributed by atoms with Gasteiger partial charge in [-0.25, -0.2) is 4.68 Å². The lowest BCUT2D eigenvalue weighted by atomic mass is 10.3. The number of amides is 1.